The van der Waals surface area contributed by atoms with Crippen molar-refractivity contribution in [1.82, 2.24) is 15.1 Å². The normalized spacial score (nSPS) is 26.9. The van der Waals surface area contributed by atoms with Crippen LogP contribution in [0.1, 0.15) is 43.2 Å². The Balaban J connectivity index is 1.11. The molecule has 4 heteroatoms. The molecule has 3 heterocycles. The molecule has 5 rings (SSSR count). The van der Waals surface area contributed by atoms with Crippen LogP contribution in [0.4, 0.5) is 0 Å². The van der Waals surface area contributed by atoms with Gasteiger partial charge in [-0.25, -0.2) is 0 Å². The molecule has 0 amide bonds. The molecule has 0 aromatic heterocycles. The van der Waals surface area contributed by atoms with Crippen molar-refractivity contribution in [2.75, 3.05) is 45.9 Å². The summed E-state index contributed by atoms with van der Waals surface area (Å²) in [4.78, 5) is 5.40. The molecule has 1 aliphatic carbocycles. The molecular weight excluding hydrogens is 322 g/mol. The molecule has 142 valence electrons. The van der Waals surface area contributed by atoms with Crippen LogP contribution in [0.5, 0.6) is 5.75 Å². The molecule has 4 nitrogen and oxygen atoms in total. The number of piperidine rings is 1. The highest BCUT2D eigenvalue weighted by atomic mass is 16.5. The Hall–Kier alpha value is -1.10. The summed E-state index contributed by atoms with van der Waals surface area (Å²) in [6.07, 6.45) is 8.06. The Kier molecular flexibility index (Phi) is 4.68. The van der Waals surface area contributed by atoms with Crippen molar-refractivity contribution in [3.8, 4) is 5.75 Å². The van der Waals surface area contributed by atoms with E-state index in [1.54, 1.807) is 0 Å². The summed E-state index contributed by atoms with van der Waals surface area (Å²) in [5.41, 5.74) is 3.51. The van der Waals surface area contributed by atoms with Gasteiger partial charge >= 0.3 is 0 Å². The zero-order valence-electron chi connectivity index (χ0n) is 16.0. The molecular formula is C22H33N3O. The molecule has 0 unspecified atom stereocenters. The predicted molar refractivity (Wildman–Crippen MR) is 105 cm³/mol. The van der Waals surface area contributed by atoms with Crippen molar-refractivity contribution in [2.24, 2.45) is 5.41 Å². The van der Waals surface area contributed by atoms with Gasteiger partial charge in [-0.2, -0.15) is 0 Å². The predicted octanol–water partition coefficient (Wildman–Crippen LogP) is 2.66. The van der Waals surface area contributed by atoms with E-state index in [9.17, 15) is 0 Å². The van der Waals surface area contributed by atoms with Crippen LogP contribution in [0.3, 0.4) is 0 Å². The number of rotatable bonds is 3. The van der Waals surface area contributed by atoms with Crippen LogP contribution in [0.2, 0.25) is 0 Å². The molecule has 2 saturated heterocycles. The van der Waals surface area contributed by atoms with Gasteiger partial charge in [0.2, 0.25) is 0 Å². The summed E-state index contributed by atoms with van der Waals surface area (Å²) in [6.45, 7) is 9.36. The Labute approximate surface area is 157 Å². The molecule has 1 aromatic rings. The molecule has 1 spiro atoms. The maximum atomic E-state index is 5.85. The van der Waals surface area contributed by atoms with Crippen LogP contribution < -0.4 is 10.1 Å². The Morgan fingerprint density at radius 1 is 1.08 bits per heavy atom. The van der Waals surface area contributed by atoms with Gasteiger partial charge in [0.25, 0.3) is 0 Å². The zero-order chi connectivity index (χ0) is 17.4. The Morgan fingerprint density at radius 3 is 2.69 bits per heavy atom. The number of nitrogens with zero attached hydrogens (tertiary/aromatic N) is 2. The lowest BCUT2D eigenvalue weighted by atomic mass is 9.60. The maximum Gasteiger partial charge on any atom is 0.122 e. The second kappa shape index (κ2) is 7.14. The van der Waals surface area contributed by atoms with E-state index in [2.05, 4.69) is 33.3 Å². The van der Waals surface area contributed by atoms with E-state index in [4.69, 9.17) is 4.74 Å². The standard InChI is InChI=1S/C22H33N3O/c1-2-19-4-3-18(14-21(19)26-13-1)17-24-9-11-25(12-10-24)20-15-22(16-20)5-7-23-8-6-22/h3-4,14,20,23H,1-2,5-13,15-17H2. The van der Waals surface area contributed by atoms with E-state index < -0.39 is 0 Å². The first-order valence-electron chi connectivity index (χ1n) is 10.7. The third-order valence-corrected chi connectivity index (χ3v) is 7.31. The maximum absolute atomic E-state index is 5.85. The van der Waals surface area contributed by atoms with Crippen molar-refractivity contribution >= 4 is 0 Å². The van der Waals surface area contributed by atoms with Crippen LogP contribution in [-0.2, 0) is 13.0 Å². The largest absolute Gasteiger partial charge is 0.493 e. The van der Waals surface area contributed by atoms with Gasteiger partial charge in [0.15, 0.2) is 0 Å². The second-order valence-corrected chi connectivity index (χ2v) is 9.02. The first-order chi connectivity index (χ1) is 12.8. The summed E-state index contributed by atoms with van der Waals surface area (Å²) >= 11 is 0. The van der Waals surface area contributed by atoms with Crippen LogP contribution in [0.15, 0.2) is 18.2 Å². The fraction of sp³-hybridized carbons (Fsp3) is 0.727. The fourth-order valence-corrected chi connectivity index (χ4v) is 5.59. The monoisotopic (exact) mass is 355 g/mol. The van der Waals surface area contributed by atoms with Crippen molar-refractivity contribution < 1.29 is 4.74 Å². The molecule has 1 N–H and O–H groups in total. The first kappa shape index (κ1) is 17.0. The van der Waals surface area contributed by atoms with E-state index in [0.29, 0.717) is 5.41 Å². The van der Waals surface area contributed by atoms with Gasteiger partial charge in [-0.15, -0.1) is 0 Å². The van der Waals surface area contributed by atoms with E-state index in [1.807, 2.05) is 0 Å². The van der Waals surface area contributed by atoms with Gasteiger partial charge < -0.3 is 10.1 Å². The SMILES string of the molecule is c1cc2c(cc1CN1CCN(C3CC4(CCNCC4)C3)CC1)OCCC2. The Morgan fingerprint density at radius 2 is 1.88 bits per heavy atom. The van der Waals surface area contributed by atoms with Gasteiger partial charge in [-0.1, -0.05) is 12.1 Å². The average Bonchev–Trinajstić information content (AvgIpc) is 2.67. The minimum Gasteiger partial charge on any atom is -0.493 e. The summed E-state index contributed by atoms with van der Waals surface area (Å²) < 4.78 is 5.85. The minimum atomic E-state index is 0.705. The molecule has 1 aromatic carbocycles. The van der Waals surface area contributed by atoms with Crippen LogP contribution in [-0.4, -0.2) is 61.7 Å². The highest BCUT2D eigenvalue weighted by Crippen LogP contribution is 2.49. The number of aryl methyl sites for hydroxylation is 1. The van der Waals surface area contributed by atoms with Gasteiger partial charge in [-0.05, 0) is 74.2 Å². The number of nitrogens with one attached hydrogen (secondary N) is 1. The number of fused-ring (bicyclic) bond motifs is 1. The summed E-state index contributed by atoms with van der Waals surface area (Å²) in [6, 6.07) is 7.75. The molecule has 1 saturated carbocycles. The number of benzene rings is 1. The highest BCUT2D eigenvalue weighted by molar-refractivity contribution is 5.38. The molecule has 0 bridgehead atoms. The summed E-state index contributed by atoms with van der Waals surface area (Å²) in [7, 11) is 0. The van der Waals surface area contributed by atoms with Crippen molar-refractivity contribution in [3.05, 3.63) is 29.3 Å². The van der Waals surface area contributed by atoms with Gasteiger partial charge in [-0.3, -0.25) is 9.80 Å². The number of hydrogen-bond acceptors (Lipinski definition) is 4. The third-order valence-electron chi connectivity index (χ3n) is 7.31. The van der Waals surface area contributed by atoms with E-state index in [1.165, 1.54) is 82.5 Å². The van der Waals surface area contributed by atoms with Crippen molar-refractivity contribution in [2.45, 2.75) is 51.1 Å². The fourth-order valence-electron chi connectivity index (χ4n) is 5.59. The molecule has 3 aliphatic heterocycles. The summed E-state index contributed by atoms with van der Waals surface area (Å²) in [5, 5.41) is 3.52. The Bertz CT molecular complexity index is 624. The van der Waals surface area contributed by atoms with Crippen LogP contribution in [0.25, 0.3) is 0 Å². The minimum absolute atomic E-state index is 0.705. The van der Waals surface area contributed by atoms with E-state index >= 15 is 0 Å². The lowest BCUT2D eigenvalue weighted by Gasteiger charge is -2.55. The van der Waals surface area contributed by atoms with E-state index in [0.717, 1.165) is 31.4 Å². The van der Waals surface area contributed by atoms with Crippen molar-refractivity contribution in [1.29, 1.82) is 0 Å². The highest BCUT2D eigenvalue weighted by Gasteiger charge is 2.46. The van der Waals surface area contributed by atoms with Crippen LogP contribution in [0, 0.1) is 5.41 Å². The smallest absolute Gasteiger partial charge is 0.122 e. The van der Waals surface area contributed by atoms with Gasteiger partial charge in [0.05, 0.1) is 6.61 Å². The molecule has 4 aliphatic rings. The number of hydrogen-bond donors (Lipinski definition) is 1. The number of piperazine rings is 1. The molecule has 0 atom stereocenters. The quantitative estimate of drug-likeness (QED) is 0.902. The first-order valence-corrected chi connectivity index (χ1v) is 10.7. The summed E-state index contributed by atoms with van der Waals surface area (Å²) in [5.74, 6) is 1.13. The van der Waals surface area contributed by atoms with Crippen LogP contribution >= 0.6 is 0 Å². The van der Waals surface area contributed by atoms with Crippen molar-refractivity contribution in [3.63, 3.8) is 0 Å². The topological polar surface area (TPSA) is 27.7 Å². The lowest BCUT2D eigenvalue weighted by molar-refractivity contribution is -0.0386. The third kappa shape index (κ3) is 3.39. The molecule has 3 fully saturated rings. The van der Waals surface area contributed by atoms with Gasteiger partial charge in [0, 0.05) is 38.8 Å². The van der Waals surface area contributed by atoms with Gasteiger partial charge in [0.1, 0.15) is 5.75 Å². The number of ether oxygens (including phenoxy) is 1. The second-order valence-electron chi connectivity index (χ2n) is 9.02. The zero-order valence-corrected chi connectivity index (χ0v) is 16.0. The molecule has 26 heavy (non-hydrogen) atoms. The van der Waals surface area contributed by atoms with E-state index in [-0.39, 0.29) is 0 Å². The molecule has 0 radical (unpaired) electrons. The average molecular weight is 356 g/mol. The lowest BCUT2D eigenvalue weighted by Crippen LogP contribution is -2.58.